The van der Waals surface area contributed by atoms with E-state index in [1.54, 1.807) is 7.11 Å². The number of rotatable bonds is 7. The lowest BCUT2D eigenvalue weighted by Crippen LogP contribution is -2.22. The van der Waals surface area contributed by atoms with E-state index in [-0.39, 0.29) is 6.04 Å². The van der Waals surface area contributed by atoms with Gasteiger partial charge in [-0.05, 0) is 37.6 Å². The van der Waals surface area contributed by atoms with E-state index < -0.39 is 0 Å². The summed E-state index contributed by atoms with van der Waals surface area (Å²) >= 11 is 6.06. The van der Waals surface area contributed by atoms with Gasteiger partial charge in [0.15, 0.2) is 0 Å². The fourth-order valence-electron chi connectivity index (χ4n) is 1.89. The Bertz CT molecular complexity index is 411. The number of benzene rings is 1. The smallest absolute Gasteiger partial charge is 0.123 e. The van der Waals surface area contributed by atoms with Crippen molar-refractivity contribution >= 4 is 11.6 Å². The van der Waals surface area contributed by atoms with E-state index in [4.69, 9.17) is 22.8 Å². The van der Waals surface area contributed by atoms with Gasteiger partial charge in [-0.2, -0.15) is 0 Å². The van der Waals surface area contributed by atoms with Crippen LogP contribution in [0, 0.1) is 12.3 Å². The SMILES string of the molecule is C#CCCC(NCCC)c1cc(Cl)ccc1OC. The molecule has 3 heteroatoms. The maximum atomic E-state index is 6.06. The van der Waals surface area contributed by atoms with Gasteiger partial charge in [-0.1, -0.05) is 18.5 Å². The minimum absolute atomic E-state index is 0.189. The molecule has 0 heterocycles. The van der Waals surface area contributed by atoms with Crippen LogP contribution in [0.5, 0.6) is 5.75 Å². The Kier molecular flexibility index (Phi) is 6.64. The summed E-state index contributed by atoms with van der Waals surface area (Å²) in [6, 6.07) is 5.87. The van der Waals surface area contributed by atoms with Gasteiger partial charge in [0.2, 0.25) is 0 Å². The maximum absolute atomic E-state index is 6.06. The molecule has 0 aliphatic heterocycles. The quantitative estimate of drug-likeness (QED) is 0.757. The van der Waals surface area contributed by atoms with Crippen LogP contribution in [0.2, 0.25) is 5.02 Å². The molecule has 1 unspecified atom stereocenters. The van der Waals surface area contributed by atoms with Crippen molar-refractivity contribution in [1.29, 1.82) is 0 Å². The molecule has 0 fully saturated rings. The minimum Gasteiger partial charge on any atom is -0.496 e. The van der Waals surface area contributed by atoms with Crippen molar-refractivity contribution in [3.63, 3.8) is 0 Å². The molecule has 1 aromatic carbocycles. The average Bonchev–Trinajstić information content (AvgIpc) is 2.39. The first-order valence-electron chi connectivity index (χ1n) is 6.23. The molecule has 98 valence electrons. The van der Waals surface area contributed by atoms with Crippen LogP contribution in [0.15, 0.2) is 18.2 Å². The van der Waals surface area contributed by atoms with Crippen molar-refractivity contribution in [2.75, 3.05) is 13.7 Å². The molecular weight excluding hydrogens is 246 g/mol. The zero-order valence-corrected chi connectivity index (χ0v) is 11.8. The van der Waals surface area contributed by atoms with Gasteiger partial charge in [0.05, 0.1) is 7.11 Å². The highest BCUT2D eigenvalue weighted by Crippen LogP contribution is 2.30. The zero-order valence-electron chi connectivity index (χ0n) is 11.0. The number of methoxy groups -OCH3 is 1. The second-order valence-electron chi connectivity index (χ2n) is 4.14. The van der Waals surface area contributed by atoms with Gasteiger partial charge in [0.25, 0.3) is 0 Å². The molecule has 1 rings (SSSR count). The Balaban J connectivity index is 2.94. The molecule has 0 bridgehead atoms. The number of hydrogen-bond acceptors (Lipinski definition) is 2. The standard InChI is InChI=1S/C15H20ClNO/c1-4-6-7-14(17-10-5-2)13-11-12(16)8-9-15(13)18-3/h1,8-9,11,14,17H,5-7,10H2,2-3H3. The van der Waals surface area contributed by atoms with Crippen LogP contribution >= 0.6 is 11.6 Å². The van der Waals surface area contributed by atoms with Crippen LogP contribution in [0.3, 0.4) is 0 Å². The van der Waals surface area contributed by atoms with Crippen LogP contribution in [-0.2, 0) is 0 Å². The molecule has 0 aliphatic rings. The monoisotopic (exact) mass is 265 g/mol. The Hall–Kier alpha value is -1.17. The molecule has 0 aromatic heterocycles. The first-order chi connectivity index (χ1) is 8.72. The number of hydrogen-bond donors (Lipinski definition) is 1. The predicted octanol–water partition coefficient (Wildman–Crippen LogP) is 3.80. The second-order valence-corrected chi connectivity index (χ2v) is 4.57. The van der Waals surface area contributed by atoms with Crippen molar-refractivity contribution in [3.8, 4) is 18.1 Å². The molecular formula is C15H20ClNO. The molecule has 2 nitrogen and oxygen atoms in total. The molecule has 0 saturated carbocycles. The maximum Gasteiger partial charge on any atom is 0.123 e. The van der Waals surface area contributed by atoms with E-state index >= 15 is 0 Å². The summed E-state index contributed by atoms with van der Waals surface area (Å²) in [5.41, 5.74) is 1.08. The lowest BCUT2D eigenvalue weighted by molar-refractivity contribution is 0.395. The molecule has 1 aromatic rings. The Morgan fingerprint density at radius 2 is 2.28 bits per heavy atom. The Morgan fingerprint density at radius 3 is 2.89 bits per heavy atom. The molecule has 0 aliphatic carbocycles. The first kappa shape index (κ1) is 14.9. The molecule has 18 heavy (non-hydrogen) atoms. The van der Waals surface area contributed by atoms with Gasteiger partial charge in [-0.3, -0.25) is 0 Å². The highest BCUT2D eigenvalue weighted by atomic mass is 35.5. The lowest BCUT2D eigenvalue weighted by Gasteiger charge is -2.20. The predicted molar refractivity (Wildman–Crippen MR) is 77.1 cm³/mol. The molecule has 0 radical (unpaired) electrons. The molecule has 1 N–H and O–H groups in total. The van der Waals surface area contributed by atoms with E-state index in [9.17, 15) is 0 Å². The van der Waals surface area contributed by atoms with Gasteiger partial charge in [0.1, 0.15) is 5.75 Å². The second kappa shape index (κ2) is 8.02. The number of ether oxygens (including phenoxy) is 1. The average molecular weight is 266 g/mol. The van der Waals surface area contributed by atoms with Crippen molar-refractivity contribution in [3.05, 3.63) is 28.8 Å². The van der Waals surface area contributed by atoms with E-state index in [0.717, 1.165) is 42.1 Å². The van der Waals surface area contributed by atoms with E-state index in [1.165, 1.54) is 0 Å². The third kappa shape index (κ3) is 4.25. The molecule has 1 atom stereocenters. The highest BCUT2D eigenvalue weighted by molar-refractivity contribution is 6.30. The van der Waals surface area contributed by atoms with Crippen LogP contribution in [-0.4, -0.2) is 13.7 Å². The largest absolute Gasteiger partial charge is 0.496 e. The number of terminal acetylenes is 1. The summed E-state index contributed by atoms with van der Waals surface area (Å²) in [7, 11) is 1.67. The van der Waals surface area contributed by atoms with Crippen molar-refractivity contribution in [2.45, 2.75) is 32.2 Å². The molecule has 0 saturated heterocycles. The lowest BCUT2D eigenvalue weighted by atomic mass is 10.0. The zero-order chi connectivity index (χ0) is 13.4. The highest BCUT2D eigenvalue weighted by Gasteiger charge is 2.15. The molecule has 0 spiro atoms. The summed E-state index contributed by atoms with van der Waals surface area (Å²) in [4.78, 5) is 0. The summed E-state index contributed by atoms with van der Waals surface area (Å²) in [6.45, 7) is 3.09. The van der Waals surface area contributed by atoms with Crippen LogP contribution in [0.1, 0.15) is 37.8 Å². The van der Waals surface area contributed by atoms with Crippen LogP contribution in [0.4, 0.5) is 0 Å². The topological polar surface area (TPSA) is 21.3 Å². The number of nitrogens with one attached hydrogen (secondary N) is 1. The fraction of sp³-hybridized carbons (Fsp3) is 0.467. The van der Waals surface area contributed by atoms with E-state index in [2.05, 4.69) is 18.2 Å². The third-order valence-corrected chi connectivity index (χ3v) is 3.02. The van der Waals surface area contributed by atoms with Gasteiger partial charge < -0.3 is 10.1 Å². The molecule has 0 amide bonds. The summed E-state index contributed by atoms with van der Waals surface area (Å²) in [5.74, 6) is 3.53. The van der Waals surface area contributed by atoms with Gasteiger partial charge >= 0.3 is 0 Å². The first-order valence-corrected chi connectivity index (χ1v) is 6.61. The van der Waals surface area contributed by atoms with Crippen molar-refractivity contribution in [1.82, 2.24) is 5.32 Å². The third-order valence-electron chi connectivity index (χ3n) is 2.79. The normalized spacial score (nSPS) is 11.9. The Labute approximate surface area is 115 Å². The van der Waals surface area contributed by atoms with E-state index in [1.807, 2.05) is 18.2 Å². The van der Waals surface area contributed by atoms with Gasteiger partial charge in [0, 0.05) is 23.0 Å². The van der Waals surface area contributed by atoms with E-state index in [0.29, 0.717) is 0 Å². The summed E-state index contributed by atoms with van der Waals surface area (Å²) in [5, 5.41) is 4.21. The van der Waals surface area contributed by atoms with Crippen molar-refractivity contribution in [2.24, 2.45) is 0 Å². The van der Waals surface area contributed by atoms with Gasteiger partial charge in [-0.15, -0.1) is 12.3 Å². The Morgan fingerprint density at radius 1 is 1.50 bits per heavy atom. The van der Waals surface area contributed by atoms with Gasteiger partial charge in [-0.25, -0.2) is 0 Å². The summed E-state index contributed by atoms with van der Waals surface area (Å²) < 4.78 is 5.39. The van der Waals surface area contributed by atoms with Crippen LogP contribution in [0.25, 0.3) is 0 Å². The summed E-state index contributed by atoms with van der Waals surface area (Å²) in [6.07, 6.45) is 8.04. The van der Waals surface area contributed by atoms with Crippen LogP contribution < -0.4 is 10.1 Å². The fourth-order valence-corrected chi connectivity index (χ4v) is 2.07. The van der Waals surface area contributed by atoms with Crippen molar-refractivity contribution < 1.29 is 4.74 Å². The number of halogens is 1. The minimum atomic E-state index is 0.189.